The van der Waals surface area contributed by atoms with Gasteiger partial charge < -0.3 is 9.47 Å². The standard InChI is InChI=1S/C12H12N2O3S/c1-16-11-6-9(2-3-14-11)7-17-12(15)10-8-18-5-4-13-10/h2-6H,7-8H2,1H3. The van der Waals surface area contributed by atoms with Crippen molar-refractivity contribution in [2.24, 2.45) is 4.99 Å². The summed E-state index contributed by atoms with van der Waals surface area (Å²) in [7, 11) is 1.54. The van der Waals surface area contributed by atoms with Gasteiger partial charge in [-0.2, -0.15) is 0 Å². The SMILES string of the molecule is COc1cc(COC(=O)C2=NC=CSC2)ccn1. The van der Waals surface area contributed by atoms with E-state index in [1.807, 2.05) is 5.41 Å². The molecule has 94 valence electrons. The molecule has 0 radical (unpaired) electrons. The molecular formula is C12H12N2O3S. The minimum atomic E-state index is -0.386. The maximum Gasteiger partial charge on any atom is 0.353 e. The Labute approximate surface area is 109 Å². The molecule has 0 unspecified atom stereocenters. The van der Waals surface area contributed by atoms with Crippen LogP contribution in [0, 0.1) is 0 Å². The van der Waals surface area contributed by atoms with Gasteiger partial charge in [-0.05, 0) is 17.0 Å². The number of methoxy groups -OCH3 is 1. The number of nitrogens with zero attached hydrogens (tertiary/aromatic N) is 2. The van der Waals surface area contributed by atoms with Crippen LogP contribution in [0.1, 0.15) is 5.56 Å². The Bertz CT molecular complexity index is 500. The van der Waals surface area contributed by atoms with E-state index in [2.05, 4.69) is 9.98 Å². The number of aromatic nitrogens is 1. The number of carbonyl (C=O) groups excluding carboxylic acids is 1. The van der Waals surface area contributed by atoms with Crippen molar-refractivity contribution in [2.45, 2.75) is 6.61 Å². The van der Waals surface area contributed by atoms with Gasteiger partial charge in [0.1, 0.15) is 12.3 Å². The van der Waals surface area contributed by atoms with Gasteiger partial charge in [-0.3, -0.25) is 4.99 Å². The highest BCUT2D eigenvalue weighted by molar-refractivity contribution is 8.02. The number of esters is 1. The molecule has 6 heteroatoms. The Balaban J connectivity index is 1.92. The lowest BCUT2D eigenvalue weighted by Crippen LogP contribution is -2.20. The van der Waals surface area contributed by atoms with E-state index in [9.17, 15) is 4.79 Å². The Morgan fingerprint density at radius 3 is 3.17 bits per heavy atom. The molecule has 0 bridgehead atoms. The van der Waals surface area contributed by atoms with Crippen molar-refractivity contribution in [3.05, 3.63) is 35.5 Å². The Morgan fingerprint density at radius 1 is 1.56 bits per heavy atom. The number of hydrogen-bond donors (Lipinski definition) is 0. The molecule has 5 nitrogen and oxygen atoms in total. The molecule has 0 fully saturated rings. The molecule has 0 aliphatic carbocycles. The van der Waals surface area contributed by atoms with Gasteiger partial charge in [-0.15, -0.1) is 11.8 Å². The highest BCUT2D eigenvalue weighted by Crippen LogP contribution is 2.12. The smallest absolute Gasteiger partial charge is 0.353 e. The maximum atomic E-state index is 11.7. The number of aliphatic imine (C=N–C) groups is 1. The molecule has 1 aromatic heterocycles. The van der Waals surface area contributed by atoms with E-state index in [1.54, 1.807) is 31.6 Å². The number of pyridine rings is 1. The Hall–Kier alpha value is -1.82. The molecule has 2 heterocycles. The van der Waals surface area contributed by atoms with E-state index >= 15 is 0 Å². The van der Waals surface area contributed by atoms with E-state index in [0.717, 1.165) is 5.56 Å². The molecule has 0 N–H and O–H groups in total. The number of thioether (sulfide) groups is 1. The lowest BCUT2D eigenvalue weighted by molar-refractivity contribution is -0.136. The summed E-state index contributed by atoms with van der Waals surface area (Å²) >= 11 is 1.52. The highest BCUT2D eigenvalue weighted by atomic mass is 32.2. The van der Waals surface area contributed by atoms with Crippen molar-refractivity contribution in [2.75, 3.05) is 12.9 Å². The number of ether oxygens (including phenoxy) is 2. The van der Waals surface area contributed by atoms with Gasteiger partial charge in [0.05, 0.1) is 7.11 Å². The fraction of sp³-hybridized carbons (Fsp3) is 0.250. The normalized spacial score (nSPS) is 13.9. The summed E-state index contributed by atoms with van der Waals surface area (Å²) in [6, 6.07) is 3.50. The molecule has 0 atom stereocenters. The minimum Gasteiger partial charge on any atom is -0.481 e. The van der Waals surface area contributed by atoms with Crippen LogP contribution in [0.4, 0.5) is 0 Å². The van der Waals surface area contributed by atoms with Crippen molar-refractivity contribution in [1.82, 2.24) is 4.98 Å². The quantitative estimate of drug-likeness (QED) is 0.776. The Kier molecular flexibility index (Phi) is 4.35. The zero-order chi connectivity index (χ0) is 12.8. The Morgan fingerprint density at radius 2 is 2.44 bits per heavy atom. The summed E-state index contributed by atoms with van der Waals surface area (Å²) in [5.74, 6) is 0.661. The van der Waals surface area contributed by atoms with Crippen LogP contribution in [0.25, 0.3) is 0 Å². The minimum absolute atomic E-state index is 0.186. The van der Waals surface area contributed by atoms with E-state index in [1.165, 1.54) is 11.8 Å². The first kappa shape index (κ1) is 12.6. The summed E-state index contributed by atoms with van der Waals surface area (Å²) in [6.45, 7) is 0.186. The number of carbonyl (C=O) groups is 1. The average Bonchev–Trinajstić information content (AvgIpc) is 2.46. The lowest BCUT2D eigenvalue weighted by atomic mass is 10.3. The molecular weight excluding hydrogens is 252 g/mol. The molecule has 0 aromatic carbocycles. The summed E-state index contributed by atoms with van der Waals surface area (Å²) in [5.41, 5.74) is 1.26. The fourth-order valence-electron chi connectivity index (χ4n) is 1.32. The third-order valence-corrected chi connectivity index (χ3v) is 2.98. The van der Waals surface area contributed by atoms with Gasteiger partial charge in [0, 0.05) is 24.2 Å². The van der Waals surface area contributed by atoms with Gasteiger partial charge in [0.25, 0.3) is 0 Å². The predicted octanol–water partition coefficient (Wildman–Crippen LogP) is 1.79. The van der Waals surface area contributed by atoms with Crippen molar-refractivity contribution < 1.29 is 14.3 Å². The maximum absolute atomic E-state index is 11.7. The third kappa shape index (κ3) is 3.33. The number of rotatable bonds is 4. The first-order valence-electron chi connectivity index (χ1n) is 5.29. The molecule has 18 heavy (non-hydrogen) atoms. The van der Waals surface area contributed by atoms with Crippen molar-refractivity contribution in [1.29, 1.82) is 0 Å². The molecule has 1 aliphatic heterocycles. The highest BCUT2D eigenvalue weighted by Gasteiger charge is 2.14. The summed E-state index contributed by atoms with van der Waals surface area (Å²) in [5, 5.41) is 1.84. The molecule has 0 amide bonds. The van der Waals surface area contributed by atoms with Crippen LogP contribution < -0.4 is 4.74 Å². The molecule has 0 saturated carbocycles. The van der Waals surface area contributed by atoms with Crippen LogP contribution >= 0.6 is 11.8 Å². The van der Waals surface area contributed by atoms with E-state index in [4.69, 9.17) is 9.47 Å². The van der Waals surface area contributed by atoms with Crippen LogP contribution in [-0.2, 0) is 16.1 Å². The van der Waals surface area contributed by atoms with Crippen LogP contribution in [0.15, 0.2) is 34.9 Å². The number of hydrogen-bond acceptors (Lipinski definition) is 6. The van der Waals surface area contributed by atoms with E-state index in [-0.39, 0.29) is 12.6 Å². The molecule has 0 saturated heterocycles. The summed E-state index contributed by atoms with van der Waals surface area (Å²) < 4.78 is 10.2. The van der Waals surface area contributed by atoms with Crippen LogP contribution in [-0.4, -0.2) is 29.5 Å². The fourth-order valence-corrected chi connectivity index (χ4v) is 1.92. The van der Waals surface area contributed by atoms with Crippen LogP contribution in [0.5, 0.6) is 5.88 Å². The van der Waals surface area contributed by atoms with Gasteiger partial charge in [-0.1, -0.05) is 0 Å². The van der Waals surface area contributed by atoms with Crippen molar-refractivity contribution in [3.63, 3.8) is 0 Å². The van der Waals surface area contributed by atoms with Gasteiger partial charge in [0.15, 0.2) is 0 Å². The monoisotopic (exact) mass is 264 g/mol. The predicted molar refractivity (Wildman–Crippen MR) is 69.6 cm³/mol. The summed E-state index contributed by atoms with van der Waals surface area (Å²) in [6.07, 6.45) is 3.21. The lowest BCUT2D eigenvalue weighted by Gasteiger charge is -2.08. The van der Waals surface area contributed by atoms with E-state index < -0.39 is 0 Å². The molecule has 1 aliphatic rings. The van der Waals surface area contributed by atoms with Crippen molar-refractivity contribution >= 4 is 23.4 Å². The second kappa shape index (κ2) is 6.20. The topological polar surface area (TPSA) is 60.8 Å². The van der Waals surface area contributed by atoms with Gasteiger partial charge in [-0.25, -0.2) is 9.78 Å². The first-order chi connectivity index (χ1) is 8.79. The zero-order valence-corrected chi connectivity index (χ0v) is 10.6. The second-order valence-corrected chi connectivity index (χ2v) is 4.35. The first-order valence-corrected chi connectivity index (χ1v) is 6.34. The van der Waals surface area contributed by atoms with Gasteiger partial charge >= 0.3 is 5.97 Å². The zero-order valence-electron chi connectivity index (χ0n) is 9.83. The summed E-state index contributed by atoms with van der Waals surface area (Å²) in [4.78, 5) is 19.6. The second-order valence-electron chi connectivity index (χ2n) is 3.45. The third-order valence-electron chi connectivity index (χ3n) is 2.22. The van der Waals surface area contributed by atoms with E-state index in [0.29, 0.717) is 17.3 Å². The molecule has 1 aromatic rings. The van der Waals surface area contributed by atoms with Crippen LogP contribution in [0.2, 0.25) is 0 Å². The largest absolute Gasteiger partial charge is 0.481 e. The molecule has 0 spiro atoms. The van der Waals surface area contributed by atoms with Gasteiger partial charge in [0.2, 0.25) is 5.88 Å². The average molecular weight is 264 g/mol. The van der Waals surface area contributed by atoms with Crippen LogP contribution in [0.3, 0.4) is 0 Å². The molecule has 2 rings (SSSR count). The van der Waals surface area contributed by atoms with Crippen molar-refractivity contribution in [3.8, 4) is 5.88 Å².